The molecule has 25 heavy (non-hydrogen) atoms. The van der Waals surface area contributed by atoms with E-state index in [-0.39, 0.29) is 6.03 Å². The third kappa shape index (κ3) is 2.66. The number of hydrogen-bond acceptors (Lipinski definition) is 3. The van der Waals surface area contributed by atoms with Crippen LogP contribution in [0, 0.1) is 0 Å². The Bertz CT molecular complexity index is 794. The van der Waals surface area contributed by atoms with Crippen LogP contribution < -0.4 is 0 Å². The molecule has 0 N–H and O–H groups in total. The zero-order valence-corrected chi connectivity index (χ0v) is 15.5. The van der Waals surface area contributed by atoms with Crippen molar-refractivity contribution < 1.29 is 4.79 Å². The number of hydrogen-bond donors (Lipinski definition) is 0. The highest BCUT2D eigenvalue weighted by Crippen LogP contribution is 2.40. The predicted octanol–water partition coefficient (Wildman–Crippen LogP) is 2.80. The largest absolute Gasteiger partial charge is 0.328 e. The summed E-state index contributed by atoms with van der Waals surface area (Å²) in [6.07, 6.45) is 2.06. The Kier molecular flexibility index (Phi) is 4.29. The van der Waals surface area contributed by atoms with E-state index in [1.165, 1.54) is 16.6 Å². The van der Waals surface area contributed by atoms with Crippen LogP contribution in [0.25, 0.3) is 10.9 Å². The molecule has 1 amide bonds. The summed E-state index contributed by atoms with van der Waals surface area (Å²) in [4.78, 5) is 20.0. The van der Waals surface area contributed by atoms with E-state index in [1.807, 2.05) is 10.6 Å². The Morgan fingerprint density at radius 3 is 2.80 bits per heavy atom. The first-order chi connectivity index (χ1) is 12.1. The van der Waals surface area contributed by atoms with Crippen molar-refractivity contribution >= 4 is 16.9 Å². The standard InChI is InChI=1S/C20H28N4O/c1-4-22-13-10-16-15-8-5-6-9-17(15)24-19(16)18(22)14-23(20(24)25)12-7-11-21(2)3/h5-6,8-9,18H,4,7,10-14H2,1-3H3. The minimum atomic E-state index is 0.158. The van der Waals surface area contributed by atoms with Crippen LogP contribution in [0.4, 0.5) is 4.79 Å². The van der Waals surface area contributed by atoms with Gasteiger partial charge in [0.1, 0.15) is 0 Å². The SMILES string of the molecule is CCN1CCc2c3n(c4ccccc24)C(=O)N(CCCN(C)C)CC31. The molecule has 0 saturated carbocycles. The number of likely N-dealkylation sites (N-methyl/N-ethyl adjacent to an activating group) is 1. The summed E-state index contributed by atoms with van der Waals surface area (Å²) in [5.41, 5.74) is 3.73. The first-order valence-electron chi connectivity index (χ1n) is 9.42. The van der Waals surface area contributed by atoms with Crippen molar-refractivity contribution in [1.29, 1.82) is 0 Å². The van der Waals surface area contributed by atoms with Crippen LogP contribution in [-0.2, 0) is 6.42 Å². The van der Waals surface area contributed by atoms with Gasteiger partial charge in [-0.3, -0.25) is 9.47 Å². The summed E-state index contributed by atoms with van der Waals surface area (Å²) in [6.45, 7) is 7.00. The molecular formula is C20H28N4O. The molecule has 2 aliphatic heterocycles. The molecule has 0 bridgehead atoms. The number of rotatable bonds is 5. The summed E-state index contributed by atoms with van der Waals surface area (Å²) < 4.78 is 2.01. The number of carbonyl (C=O) groups is 1. The van der Waals surface area contributed by atoms with E-state index in [9.17, 15) is 4.79 Å². The van der Waals surface area contributed by atoms with Crippen LogP contribution >= 0.6 is 0 Å². The van der Waals surface area contributed by atoms with Gasteiger partial charge in [-0.15, -0.1) is 0 Å². The average molecular weight is 340 g/mol. The number of nitrogens with zero attached hydrogens (tertiary/aromatic N) is 4. The minimum absolute atomic E-state index is 0.158. The summed E-state index contributed by atoms with van der Waals surface area (Å²) in [6, 6.07) is 8.90. The molecule has 1 atom stereocenters. The normalized spacial score (nSPS) is 20.6. The minimum Gasteiger partial charge on any atom is -0.322 e. The van der Waals surface area contributed by atoms with Crippen molar-refractivity contribution in [2.24, 2.45) is 0 Å². The Morgan fingerprint density at radius 2 is 2.04 bits per heavy atom. The topological polar surface area (TPSA) is 31.7 Å². The van der Waals surface area contributed by atoms with Crippen LogP contribution in [0.1, 0.15) is 30.6 Å². The maximum atomic E-state index is 13.3. The van der Waals surface area contributed by atoms with Gasteiger partial charge in [0.05, 0.1) is 17.3 Å². The molecule has 3 heterocycles. The zero-order chi connectivity index (χ0) is 17.6. The van der Waals surface area contributed by atoms with Crippen molar-refractivity contribution in [3.8, 4) is 0 Å². The Balaban J connectivity index is 1.76. The number of fused-ring (bicyclic) bond motifs is 3. The molecular weight excluding hydrogens is 312 g/mol. The molecule has 0 radical (unpaired) electrons. The summed E-state index contributed by atoms with van der Waals surface area (Å²) in [7, 11) is 4.17. The maximum absolute atomic E-state index is 13.3. The molecule has 0 saturated heterocycles. The van der Waals surface area contributed by atoms with Gasteiger partial charge in [0.2, 0.25) is 0 Å². The van der Waals surface area contributed by atoms with Crippen LogP contribution in [0.15, 0.2) is 24.3 Å². The highest BCUT2D eigenvalue weighted by molar-refractivity contribution is 5.96. The van der Waals surface area contributed by atoms with E-state index in [0.29, 0.717) is 6.04 Å². The molecule has 0 spiro atoms. The van der Waals surface area contributed by atoms with Gasteiger partial charge in [0.15, 0.2) is 0 Å². The Hall–Kier alpha value is -1.85. The van der Waals surface area contributed by atoms with Crippen molar-refractivity contribution in [2.75, 3.05) is 46.8 Å². The molecule has 134 valence electrons. The van der Waals surface area contributed by atoms with E-state index in [0.717, 1.165) is 51.1 Å². The van der Waals surface area contributed by atoms with Crippen LogP contribution in [-0.4, -0.2) is 72.1 Å². The van der Waals surface area contributed by atoms with Gasteiger partial charge in [-0.2, -0.15) is 0 Å². The van der Waals surface area contributed by atoms with Crippen molar-refractivity contribution in [3.05, 3.63) is 35.5 Å². The lowest BCUT2D eigenvalue weighted by Crippen LogP contribution is -2.51. The molecule has 4 rings (SSSR count). The third-order valence-corrected chi connectivity index (χ3v) is 5.72. The van der Waals surface area contributed by atoms with Gasteiger partial charge in [-0.25, -0.2) is 4.79 Å². The number of aromatic nitrogens is 1. The van der Waals surface area contributed by atoms with Crippen molar-refractivity contribution in [3.63, 3.8) is 0 Å². The van der Waals surface area contributed by atoms with Gasteiger partial charge >= 0.3 is 6.03 Å². The smallest absolute Gasteiger partial charge is 0.322 e. The van der Waals surface area contributed by atoms with Crippen molar-refractivity contribution in [2.45, 2.75) is 25.8 Å². The molecule has 0 fully saturated rings. The molecule has 1 aromatic heterocycles. The number of amides is 1. The second-order valence-electron chi connectivity index (χ2n) is 7.50. The molecule has 0 aliphatic carbocycles. The van der Waals surface area contributed by atoms with Gasteiger partial charge in [0, 0.05) is 25.0 Å². The van der Waals surface area contributed by atoms with E-state index in [4.69, 9.17) is 0 Å². The number of benzene rings is 1. The summed E-state index contributed by atoms with van der Waals surface area (Å²) in [5, 5.41) is 1.27. The Labute approximate surface area is 149 Å². The molecule has 1 unspecified atom stereocenters. The lowest BCUT2D eigenvalue weighted by atomic mass is 9.96. The number of para-hydroxylation sites is 1. The second kappa shape index (κ2) is 6.46. The first-order valence-corrected chi connectivity index (χ1v) is 9.42. The first kappa shape index (κ1) is 16.6. The molecule has 5 nitrogen and oxygen atoms in total. The van der Waals surface area contributed by atoms with Gasteiger partial charge < -0.3 is 9.80 Å². The van der Waals surface area contributed by atoms with Gasteiger partial charge in [-0.1, -0.05) is 25.1 Å². The lowest BCUT2D eigenvalue weighted by Gasteiger charge is -2.42. The zero-order valence-electron chi connectivity index (χ0n) is 15.5. The average Bonchev–Trinajstić information content (AvgIpc) is 2.95. The number of carbonyl (C=O) groups excluding carboxylic acids is 1. The van der Waals surface area contributed by atoms with E-state index < -0.39 is 0 Å². The van der Waals surface area contributed by atoms with Crippen LogP contribution in [0.2, 0.25) is 0 Å². The fourth-order valence-electron chi connectivity index (χ4n) is 4.50. The summed E-state index contributed by atoms with van der Waals surface area (Å²) >= 11 is 0. The van der Waals surface area contributed by atoms with E-state index in [2.05, 4.69) is 53.9 Å². The van der Waals surface area contributed by atoms with E-state index >= 15 is 0 Å². The molecule has 2 aliphatic rings. The maximum Gasteiger partial charge on any atom is 0.328 e. The third-order valence-electron chi connectivity index (χ3n) is 5.72. The monoisotopic (exact) mass is 340 g/mol. The predicted molar refractivity (Wildman–Crippen MR) is 101 cm³/mol. The fraction of sp³-hybridized carbons (Fsp3) is 0.550. The quantitative estimate of drug-likeness (QED) is 0.839. The second-order valence-corrected chi connectivity index (χ2v) is 7.50. The van der Waals surface area contributed by atoms with Crippen LogP contribution in [0.3, 0.4) is 0 Å². The Morgan fingerprint density at radius 1 is 1.24 bits per heavy atom. The highest BCUT2D eigenvalue weighted by Gasteiger charge is 2.40. The summed E-state index contributed by atoms with van der Waals surface area (Å²) in [5.74, 6) is 0. The van der Waals surface area contributed by atoms with Gasteiger partial charge in [0.25, 0.3) is 0 Å². The fourth-order valence-corrected chi connectivity index (χ4v) is 4.50. The van der Waals surface area contributed by atoms with Gasteiger partial charge in [-0.05, 0) is 51.7 Å². The van der Waals surface area contributed by atoms with Crippen molar-refractivity contribution in [1.82, 2.24) is 19.3 Å². The van der Waals surface area contributed by atoms with E-state index in [1.54, 1.807) is 0 Å². The lowest BCUT2D eigenvalue weighted by molar-refractivity contribution is 0.117. The highest BCUT2D eigenvalue weighted by atomic mass is 16.2. The van der Waals surface area contributed by atoms with Crippen LogP contribution in [0.5, 0.6) is 0 Å². The molecule has 5 heteroatoms. The molecule has 1 aromatic carbocycles. The molecule has 2 aromatic rings.